The maximum Gasteiger partial charge on any atom is 0.481 e. The Morgan fingerprint density at radius 3 is 1.74 bits per heavy atom. The van der Waals surface area contributed by atoms with Gasteiger partial charge >= 0.3 is 17.3 Å². The first-order chi connectivity index (χ1) is 10.4. The van der Waals surface area contributed by atoms with Crippen LogP contribution in [0.3, 0.4) is 0 Å². The summed E-state index contributed by atoms with van der Waals surface area (Å²) in [6.07, 6.45) is -2.19. The van der Waals surface area contributed by atoms with E-state index in [1.54, 1.807) is 0 Å². The highest BCUT2D eigenvalue weighted by molar-refractivity contribution is 7.86. The summed E-state index contributed by atoms with van der Waals surface area (Å²) >= 11 is 0. The number of alkyl halides is 4. The van der Waals surface area contributed by atoms with Crippen LogP contribution in [0, 0.1) is 23.2 Å². The van der Waals surface area contributed by atoms with Crippen molar-refractivity contribution in [3.05, 3.63) is 0 Å². The molecular formula is C13H15F4O5S-. The summed E-state index contributed by atoms with van der Waals surface area (Å²) in [5.41, 5.74) is -1.26. The summed E-state index contributed by atoms with van der Waals surface area (Å²) in [6, 6.07) is 0. The number of rotatable bonds is 4. The summed E-state index contributed by atoms with van der Waals surface area (Å²) < 4.78 is 87.8. The normalized spacial score (nSPS) is 37.0. The molecule has 4 bridgehead atoms. The molecule has 0 atom stereocenters. The summed E-state index contributed by atoms with van der Waals surface area (Å²) in [6.45, 7) is 0. The first kappa shape index (κ1) is 16.9. The average Bonchev–Trinajstić information content (AvgIpc) is 2.34. The lowest BCUT2D eigenvalue weighted by Crippen LogP contribution is -2.55. The molecule has 0 aromatic heterocycles. The standard InChI is InChI=1S/C13H16F4O5S/c14-12(15,13(16,17)23(19,20)21)22-10(18)11-4-7-1-8(5-11)3-9(2-7)6-11/h7-9H,1-6H2,(H,19,20,21)/p-1. The van der Waals surface area contributed by atoms with Gasteiger partial charge < -0.3 is 9.29 Å². The molecule has 10 heteroatoms. The van der Waals surface area contributed by atoms with Crippen LogP contribution < -0.4 is 0 Å². The Morgan fingerprint density at radius 2 is 1.39 bits per heavy atom. The molecule has 0 amide bonds. The predicted octanol–water partition coefficient (Wildman–Crippen LogP) is 2.48. The van der Waals surface area contributed by atoms with Crippen molar-refractivity contribution in [3.63, 3.8) is 0 Å². The van der Waals surface area contributed by atoms with E-state index in [0.717, 1.165) is 19.3 Å². The fourth-order valence-electron chi connectivity index (χ4n) is 4.79. The minimum Gasteiger partial charge on any atom is -0.743 e. The van der Waals surface area contributed by atoms with Gasteiger partial charge in [-0.15, -0.1) is 0 Å². The maximum absolute atomic E-state index is 13.5. The zero-order chi connectivity index (χ0) is 17.3. The lowest BCUT2D eigenvalue weighted by atomic mass is 9.49. The lowest BCUT2D eigenvalue weighted by Gasteiger charge is -2.55. The van der Waals surface area contributed by atoms with Crippen LogP contribution in [0.1, 0.15) is 38.5 Å². The van der Waals surface area contributed by atoms with Crippen molar-refractivity contribution < 1.29 is 40.1 Å². The van der Waals surface area contributed by atoms with E-state index in [4.69, 9.17) is 0 Å². The van der Waals surface area contributed by atoms with Gasteiger partial charge in [-0.25, -0.2) is 8.42 Å². The Labute approximate surface area is 130 Å². The second kappa shape index (κ2) is 4.81. The van der Waals surface area contributed by atoms with E-state index < -0.39 is 32.9 Å². The van der Waals surface area contributed by atoms with Gasteiger partial charge in [-0.3, -0.25) is 4.79 Å². The van der Waals surface area contributed by atoms with Gasteiger partial charge in [0.05, 0.1) is 5.41 Å². The van der Waals surface area contributed by atoms with Crippen molar-refractivity contribution in [2.75, 3.05) is 0 Å². The number of hydrogen-bond donors (Lipinski definition) is 0. The van der Waals surface area contributed by atoms with Crippen LogP contribution >= 0.6 is 0 Å². The molecule has 132 valence electrons. The van der Waals surface area contributed by atoms with Gasteiger partial charge in [-0.2, -0.15) is 17.6 Å². The Bertz CT molecular complexity index is 595. The van der Waals surface area contributed by atoms with Gasteiger partial charge in [0.2, 0.25) is 0 Å². The third-order valence-corrected chi connectivity index (χ3v) is 6.21. The summed E-state index contributed by atoms with van der Waals surface area (Å²) in [4.78, 5) is 12.2. The Kier molecular flexibility index (Phi) is 3.54. The van der Waals surface area contributed by atoms with Crippen molar-refractivity contribution >= 4 is 16.1 Å². The molecule has 0 heterocycles. The molecule has 4 aliphatic rings. The number of carbonyl (C=O) groups excluding carboxylic acids is 1. The molecule has 0 aliphatic heterocycles. The van der Waals surface area contributed by atoms with E-state index in [1.165, 1.54) is 0 Å². The fourth-order valence-corrected chi connectivity index (χ4v) is 5.12. The minimum absolute atomic E-state index is 0.172. The first-order valence-corrected chi connectivity index (χ1v) is 8.72. The van der Waals surface area contributed by atoms with E-state index in [-0.39, 0.29) is 37.0 Å². The van der Waals surface area contributed by atoms with E-state index in [0.29, 0.717) is 0 Å². The molecule has 0 saturated heterocycles. The number of hydrogen-bond acceptors (Lipinski definition) is 5. The highest BCUT2D eigenvalue weighted by atomic mass is 32.2. The molecule has 0 aromatic carbocycles. The molecule has 0 radical (unpaired) electrons. The molecule has 4 rings (SSSR count). The van der Waals surface area contributed by atoms with Gasteiger partial charge in [-0.1, -0.05) is 0 Å². The molecule has 4 aliphatic carbocycles. The topological polar surface area (TPSA) is 83.5 Å². The highest BCUT2D eigenvalue weighted by Gasteiger charge is 2.67. The zero-order valence-corrected chi connectivity index (χ0v) is 12.8. The van der Waals surface area contributed by atoms with Crippen molar-refractivity contribution in [1.82, 2.24) is 0 Å². The SMILES string of the molecule is O=C(OC(F)(F)C(F)(F)S(=O)(=O)[O-])C12CC3CC(CC(C3)C1)C2. The summed E-state index contributed by atoms with van der Waals surface area (Å²) in [7, 11) is -6.67. The lowest BCUT2D eigenvalue weighted by molar-refractivity contribution is -0.309. The van der Waals surface area contributed by atoms with Crippen LogP contribution in [-0.2, 0) is 19.6 Å². The quantitative estimate of drug-likeness (QED) is 0.437. The van der Waals surface area contributed by atoms with Crippen LogP contribution in [0.15, 0.2) is 0 Å². The molecule has 0 spiro atoms. The van der Waals surface area contributed by atoms with Gasteiger partial charge in [-0.05, 0) is 56.3 Å². The first-order valence-electron chi connectivity index (χ1n) is 7.31. The monoisotopic (exact) mass is 359 g/mol. The highest BCUT2D eigenvalue weighted by Crippen LogP contribution is 2.61. The molecule has 4 fully saturated rings. The molecule has 5 nitrogen and oxygen atoms in total. The van der Waals surface area contributed by atoms with E-state index in [2.05, 4.69) is 4.74 Å². The molecule has 0 aromatic rings. The Hall–Kier alpha value is -0.900. The van der Waals surface area contributed by atoms with E-state index >= 15 is 0 Å². The van der Waals surface area contributed by atoms with Crippen LogP contribution in [0.25, 0.3) is 0 Å². The molecular weight excluding hydrogens is 344 g/mol. The summed E-state index contributed by atoms with van der Waals surface area (Å²) in [5.74, 6) is -1.01. The van der Waals surface area contributed by atoms with Crippen molar-refractivity contribution in [2.45, 2.75) is 49.9 Å². The molecule has 0 N–H and O–H groups in total. The van der Waals surface area contributed by atoms with Crippen LogP contribution in [0.5, 0.6) is 0 Å². The third kappa shape index (κ3) is 2.54. The second-order valence-electron chi connectivity index (χ2n) is 7.08. The van der Waals surface area contributed by atoms with E-state index in [9.17, 15) is 35.3 Å². The van der Waals surface area contributed by atoms with Crippen molar-refractivity contribution in [2.24, 2.45) is 23.2 Å². The zero-order valence-electron chi connectivity index (χ0n) is 11.9. The smallest absolute Gasteiger partial charge is 0.481 e. The van der Waals surface area contributed by atoms with E-state index in [1.807, 2.05) is 0 Å². The minimum atomic E-state index is -6.67. The van der Waals surface area contributed by atoms with Gasteiger partial charge in [0.15, 0.2) is 10.1 Å². The van der Waals surface area contributed by atoms with Gasteiger partial charge in [0.1, 0.15) is 0 Å². The molecule has 4 saturated carbocycles. The largest absolute Gasteiger partial charge is 0.743 e. The number of halogens is 4. The molecule has 0 unspecified atom stereocenters. The van der Waals surface area contributed by atoms with Crippen molar-refractivity contribution in [1.29, 1.82) is 0 Å². The number of carbonyl (C=O) groups is 1. The van der Waals surface area contributed by atoms with Crippen molar-refractivity contribution in [3.8, 4) is 0 Å². The average molecular weight is 359 g/mol. The molecule has 23 heavy (non-hydrogen) atoms. The summed E-state index contributed by atoms with van der Waals surface area (Å²) in [5, 5.41) is -6.00. The number of ether oxygens (including phenoxy) is 1. The Morgan fingerprint density at radius 1 is 1.00 bits per heavy atom. The van der Waals surface area contributed by atoms with Crippen LogP contribution in [-0.4, -0.2) is 30.3 Å². The predicted molar refractivity (Wildman–Crippen MR) is 66.3 cm³/mol. The maximum atomic E-state index is 13.5. The van der Waals surface area contributed by atoms with Gasteiger partial charge in [0, 0.05) is 0 Å². The van der Waals surface area contributed by atoms with Crippen LogP contribution in [0.4, 0.5) is 17.6 Å². The van der Waals surface area contributed by atoms with Crippen LogP contribution in [0.2, 0.25) is 0 Å². The second-order valence-corrected chi connectivity index (χ2v) is 8.50. The van der Waals surface area contributed by atoms with Gasteiger partial charge in [0.25, 0.3) is 0 Å². The third-order valence-electron chi connectivity index (χ3n) is 5.34. The fraction of sp³-hybridized carbons (Fsp3) is 0.923. The number of esters is 1. The Balaban J connectivity index is 1.82.